The lowest BCUT2D eigenvalue weighted by Gasteiger charge is -2.05. The number of hydrogen-bond acceptors (Lipinski definition) is 2. The molecule has 0 aliphatic heterocycles. The summed E-state index contributed by atoms with van der Waals surface area (Å²) < 4.78 is 0. The van der Waals surface area contributed by atoms with Crippen LogP contribution in [0.5, 0.6) is 0 Å². The van der Waals surface area contributed by atoms with Gasteiger partial charge in [-0.1, -0.05) is 18.2 Å². The first-order valence-electron chi connectivity index (χ1n) is 6.03. The molecule has 1 aliphatic carbocycles. The van der Waals surface area contributed by atoms with Crippen molar-refractivity contribution in [3.05, 3.63) is 53.3 Å². The molecule has 17 heavy (non-hydrogen) atoms. The van der Waals surface area contributed by atoms with E-state index in [1.165, 1.54) is 22.3 Å². The van der Waals surface area contributed by atoms with Gasteiger partial charge in [-0.2, -0.15) is 0 Å². The minimum atomic E-state index is 0.305. The van der Waals surface area contributed by atoms with Crippen molar-refractivity contribution < 1.29 is 0 Å². The minimum Gasteiger partial charge on any atom is -0.327 e. The van der Waals surface area contributed by atoms with Gasteiger partial charge in [-0.25, -0.2) is 0 Å². The van der Waals surface area contributed by atoms with Gasteiger partial charge in [-0.05, 0) is 54.2 Å². The van der Waals surface area contributed by atoms with Crippen LogP contribution in [0.25, 0.3) is 11.1 Å². The Balaban J connectivity index is 2.03. The molecule has 0 saturated carbocycles. The normalized spacial score (nSPS) is 18.1. The summed E-state index contributed by atoms with van der Waals surface area (Å²) in [6.07, 6.45) is 3.89. The maximum absolute atomic E-state index is 5.99. The largest absolute Gasteiger partial charge is 0.327 e. The second-order valence-electron chi connectivity index (χ2n) is 4.84. The van der Waals surface area contributed by atoms with Gasteiger partial charge in [0.15, 0.2) is 0 Å². The van der Waals surface area contributed by atoms with Crippen molar-refractivity contribution in [2.24, 2.45) is 5.73 Å². The molecule has 1 heterocycles. The van der Waals surface area contributed by atoms with E-state index >= 15 is 0 Å². The van der Waals surface area contributed by atoms with E-state index in [0.29, 0.717) is 6.04 Å². The van der Waals surface area contributed by atoms with Crippen molar-refractivity contribution in [3.8, 4) is 11.1 Å². The van der Waals surface area contributed by atoms with Crippen LogP contribution >= 0.6 is 0 Å². The Labute approximate surface area is 102 Å². The third kappa shape index (κ3) is 1.96. The van der Waals surface area contributed by atoms with E-state index in [1.807, 2.05) is 13.1 Å². The topological polar surface area (TPSA) is 38.9 Å². The highest BCUT2D eigenvalue weighted by molar-refractivity contribution is 5.65. The molecule has 3 rings (SSSR count). The number of rotatable bonds is 1. The number of aryl methyl sites for hydroxylation is 1. The molecule has 1 aromatic heterocycles. The van der Waals surface area contributed by atoms with Crippen molar-refractivity contribution in [1.82, 2.24) is 4.98 Å². The van der Waals surface area contributed by atoms with Gasteiger partial charge in [0.2, 0.25) is 0 Å². The second-order valence-corrected chi connectivity index (χ2v) is 4.84. The van der Waals surface area contributed by atoms with Gasteiger partial charge in [-0.15, -0.1) is 0 Å². The number of nitrogens with zero attached hydrogens (tertiary/aromatic N) is 1. The zero-order valence-corrected chi connectivity index (χ0v) is 9.98. The van der Waals surface area contributed by atoms with Crippen LogP contribution < -0.4 is 5.73 Å². The molecule has 1 aromatic carbocycles. The first-order chi connectivity index (χ1) is 8.22. The molecule has 2 nitrogen and oxygen atoms in total. The summed E-state index contributed by atoms with van der Waals surface area (Å²) in [5, 5.41) is 0. The molecule has 0 radical (unpaired) electrons. The van der Waals surface area contributed by atoms with Crippen LogP contribution in [0.2, 0.25) is 0 Å². The average Bonchev–Trinajstić information content (AvgIpc) is 2.68. The van der Waals surface area contributed by atoms with Crippen molar-refractivity contribution in [3.63, 3.8) is 0 Å². The Hall–Kier alpha value is -1.67. The fourth-order valence-corrected chi connectivity index (χ4v) is 2.56. The zero-order valence-electron chi connectivity index (χ0n) is 9.98. The number of aromatic nitrogens is 1. The molecule has 0 saturated heterocycles. The first-order valence-corrected chi connectivity index (χ1v) is 6.03. The van der Waals surface area contributed by atoms with Crippen LogP contribution in [-0.2, 0) is 12.8 Å². The fraction of sp³-hybridized carbons (Fsp3) is 0.267. The van der Waals surface area contributed by atoms with E-state index in [1.54, 1.807) is 0 Å². The number of pyridine rings is 1. The summed E-state index contributed by atoms with van der Waals surface area (Å²) in [5.74, 6) is 0. The van der Waals surface area contributed by atoms with E-state index in [0.717, 1.165) is 18.5 Å². The summed E-state index contributed by atoms with van der Waals surface area (Å²) in [4.78, 5) is 4.23. The first kappa shape index (κ1) is 10.5. The summed E-state index contributed by atoms with van der Waals surface area (Å²) in [6, 6.07) is 11.2. The monoisotopic (exact) mass is 224 g/mol. The molecule has 1 unspecified atom stereocenters. The predicted octanol–water partition coefficient (Wildman–Crippen LogP) is 2.48. The van der Waals surface area contributed by atoms with Gasteiger partial charge in [0.05, 0.1) is 0 Å². The van der Waals surface area contributed by atoms with Crippen LogP contribution in [-0.4, -0.2) is 11.0 Å². The van der Waals surface area contributed by atoms with Crippen LogP contribution in [0.4, 0.5) is 0 Å². The molecule has 0 spiro atoms. The van der Waals surface area contributed by atoms with Crippen LogP contribution in [0, 0.1) is 6.92 Å². The number of nitrogens with two attached hydrogens (primary N) is 1. The molecule has 86 valence electrons. The molecular weight excluding hydrogens is 208 g/mol. The molecule has 1 atom stereocenters. The highest BCUT2D eigenvalue weighted by Crippen LogP contribution is 2.27. The third-order valence-corrected chi connectivity index (χ3v) is 3.40. The molecular formula is C15H16N2. The standard InChI is InChI=1S/C15H16N2/c1-10-6-13(4-5-17-10)11-2-3-12-8-15(16)9-14(12)7-11/h2-7,15H,8-9,16H2,1H3. The Morgan fingerprint density at radius 1 is 1.06 bits per heavy atom. The van der Waals surface area contributed by atoms with Gasteiger partial charge >= 0.3 is 0 Å². The minimum absolute atomic E-state index is 0.305. The molecule has 0 fully saturated rings. The van der Waals surface area contributed by atoms with Gasteiger partial charge in [0, 0.05) is 17.9 Å². The summed E-state index contributed by atoms with van der Waals surface area (Å²) in [5.41, 5.74) is 12.4. The van der Waals surface area contributed by atoms with Crippen LogP contribution in [0.1, 0.15) is 16.8 Å². The Morgan fingerprint density at radius 3 is 2.65 bits per heavy atom. The number of fused-ring (bicyclic) bond motifs is 1. The van der Waals surface area contributed by atoms with Gasteiger partial charge < -0.3 is 5.73 Å². The van der Waals surface area contributed by atoms with Gasteiger partial charge in [-0.3, -0.25) is 4.98 Å². The zero-order chi connectivity index (χ0) is 11.8. The smallest absolute Gasteiger partial charge is 0.0378 e. The molecule has 2 N–H and O–H groups in total. The highest BCUT2D eigenvalue weighted by Gasteiger charge is 2.18. The Morgan fingerprint density at radius 2 is 1.82 bits per heavy atom. The molecule has 1 aliphatic rings. The SMILES string of the molecule is Cc1cc(-c2ccc3c(c2)CC(N)C3)ccn1. The molecule has 0 bridgehead atoms. The van der Waals surface area contributed by atoms with E-state index < -0.39 is 0 Å². The summed E-state index contributed by atoms with van der Waals surface area (Å²) in [7, 11) is 0. The lowest BCUT2D eigenvalue weighted by Crippen LogP contribution is -2.18. The highest BCUT2D eigenvalue weighted by atomic mass is 14.6. The molecule has 0 amide bonds. The summed E-state index contributed by atoms with van der Waals surface area (Å²) in [6.45, 7) is 2.02. The van der Waals surface area contributed by atoms with Crippen LogP contribution in [0.3, 0.4) is 0 Å². The third-order valence-electron chi connectivity index (χ3n) is 3.40. The van der Waals surface area contributed by atoms with E-state index in [4.69, 9.17) is 5.73 Å². The van der Waals surface area contributed by atoms with Crippen molar-refractivity contribution in [2.45, 2.75) is 25.8 Å². The van der Waals surface area contributed by atoms with E-state index in [9.17, 15) is 0 Å². The van der Waals surface area contributed by atoms with E-state index in [2.05, 4.69) is 35.3 Å². The maximum atomic E-state index is 5.99. The summed E-state index contributed by atoms with van der Waals surface area (Å²) >= 11 is 0. The predicted molar refractivity (Wildman–Crippen MR) is 69.8 cm³/mol. The lowest BCUT2D eigenvalue weighted by atomic mass is 10.0. The van der Waals surface area contributed by atoms with Gasteiger partial charge in [0.25, 0.3) is 0 Å². The van der Waals surface area contributed by atoms with Crippen LogP contribution in [0.15, 0.2) is 36.5 Å². The fourth-order valence-electron chi connectivity index (χ4n) is 2.56. The molecule has 2 heteroatoms. The van der Waals surface area contributed by atoms with Crippen molar-refractivity contribution >= 4 is 0 Å². The Kier molecular flexibility index (Phi) is 2.45. The van der Waals surface area contributed by atoms with E-state index in [-0.39, 0.29) is 0 Å². The second kappa shape index (κ2) is 3.97. The lowest BCUT2D eigenvalue weighted by molar-refractivity contribution is 0.721. The van der Waals surface area contributed by atoms with Gasteiger partial charge in [0.1, 0.15) is 0 Å². The quantitative estimate of drug-likeness (QED) is 0.808. The molecule has 2 aromatic rings. The average molecular weight is 224 g/mol. The van der Waals surface area contributed by atoms with Crippen molar-refractivity contribution in [2.75, 3.05) is 0 Å². The van der Waals surface area contributed by atoms with Crippen molar-refractivity contribution in [1.29, 1.82) is 0 Å². The number of benzene rings is 1. The number of hydrogen-bond donors (Lipinski definition) is 1. The Bertz CT molecular complexity index is 561. The maximum Gasteiger partial charge on any atom is 0.0378 e.